The van der Waals surface area contributed by atoms with E-state index in [0.717, 1.165) is 11.3 Å². The van der Waals surface area contributed by atoms with Gasteiger partial charge in [-0.1, -0.05) is 0 Å². The molecule has 0 aliphatic rings. The van der Waals surface area contributed by atoms with E-state index in [2.05, 4.69) is 20.5 Å². The van der Waals surface area contributed by atoms with Gasteiger partial charge in [-0.3, -0.25) is 5.10 Å². The van der Waals surface area contributed by atoms with Crippen molar-refractivity contribution in [3.8, 4) is 6.07 Å². The number of pyridine rings is 1. The molecule has 6 nitrogen and oxygen atoms in total. The van der Waals surface area contributed by atoms with E-state index in [0.29, 0.717) is 23.6 Å². The van der Waals surface area contributed by atoms with Crippen LogP contribution in [0.25, 0.3) is 0 Å². The van der Waals surface area contributed by atoms with Crippen LogP contribution in [0.3, 0.4) is 0 Å². The lowest BCUT2D eigenvalue weighted by Crippen LogP contribution is -2.06. The number of aryl methyl sites for hydroxylation is 1. The van der Waals surface area contributed by atoms with Crippen molar-refractivity contribution in [2.45, 2.75) is 13.5 Å². The average molecular weight is 228 g/mol. The summed E-state index contributed by atoms with van der Waals surface area (Å²) in [5.41, 5.74) is 8.62. The third-order valence-corrected chi connectivity index (χ3v) is 2.49. The first-order chi connectivity index (χ1) is 8.22. The Kier molecular flexibility index (Phi) is 2.92. The molecule has 4 N–H and O–H groups in total. The van der Waals surface area contributed by atoms with E-state index in [1.54, 1.807) is 18.5 Å². The number of aromatic amines is 1. The van der Waals surface area contributed by atoms with Crippen LogP contribution < -0.4 is 11.1 Å². The second-order valence-corrected chi connectivity index (χ2v) is 3.61. The number of hydrogen-bond acceptors (Lipinski definition) is 5. The van der Waals surface area contributed by atoms with Gasteiger partial charge in [0.2, 0.25) is 0 Å². The summed E-state index contributed by atoms with van der Waals surface area (Å²) in [6, 6.07) is 3.60. The number of H-pyrrole nitrogens is 1. The topological polar surface area (TPSA) is 103 Å². The van der Waals surface area contributed by atoms with Crippen molar-refractivity contribution in [3.05, 3.63) is 35.3 Å². The van der Waals surface area contributed by atoms with E-state index in [4.69, 9.17) is 11.0 Å². The second kappa shape index (κ2) is 4.53. The first-order valence-electron chi connectivity index (χ1n) is 5.09. The molecule has 0 amide bonds. The Balaban J connectivity index is 2.15. The number of aromatic nitrogens is 3. The second-order valence-electron chi connectivity index (χ2n) is 3.61. The Morgan fingerprint density at radius 2 is 2.41 bits per heavy atom. The number of nitrogens with two attached hydrogens (primary N) is 1. The van der Waals surface area contributed by atoms with Crippen LogP contribution in [0.15, 0.2) is 18.5 Å². The van der Waals surface area contributed by atoms with Gasteiger partial charge in [0.1, 0.15) is 6.07 Å². The standard InChI is InChI=1S/C11H12N6/c1-7-9(6-16-17-7)5-15-11-10(13)8(4-12)2-3-14-11/h2-3,6H,5,13H2,1H3,(H,14,15)(H,16,17). The molecular weight excluding hydrogens is 216 g/mol. The molecule has 0 saturated heterocycles. The van der Waals surface area contributed by atoms with Crippen LogP contribution in [0.2, 0.25) is 0 Å². The number of nitrogen functional groups attached to an aromatic ring is 1. The Labute approximate surface area is 98.5 Å². The lowest BCUT2D eigenvalue weighted by molar-refractivity contribution is 1.04. The predicted octanol–water partition coefficient (Wildman–Crippen LogP) is 1.18. The zero-order chi connectivity index (χ0) is 12.3. The summed E-state index contributed by atoms with van der Waals surface area (Å²) in [5.74, 6) is 0.518. The fourth-order valence-corrected chi connectivity index (χ4v) is 1.44. The number of hydrogen-bond donors (Lipinski definition) is 3. The Morgan fingerprint density at radius 1 is 1.59 bits per heavy atom. The molecule has 2 rings (SSSR count). The van der Waals surface area contributed by atoms with Crippen molar-refractivity contribution in [1.29, 1.82) is 5.26 Å². The van der Waals surface area contributed by atoms with Gasteiger partial charge in [-0.05, 0) is 13.0 Å². The largest absolute Gasteiger partial charge is 0.395 e. The highest BCUT2D eigenvalue weighted by Gasteiger charge is 2.06. The van der Waals surface area contributed by atoms with E-state index < -0.39 is 0 Å². The molecule has 0 atom stereocenters. The van der Waals surface area contributed by atoms with E-state index in [9.17, 15) is 0 Å². The SMILES string of the molecule is Cc1[nH]ncc1CNc1nccc(C#N)c1N. The van der Waals surface area contributed by atoms with Gasteiger partial charge in [-0.15, -0.1) is 0 Å². The van der Waals surface area contributed by atoms with Crippen LogP contribution in [0.5, 0.6) is 0 Å². The molecule has 2 aromatic heterocycles. The molecule has 0 aliphatic carbocycles. The van der Waals surface area contributed by atoms with Crippen molar-refractivity contribution in [2.75, 3.05) is 11.1 Å². The highest BCUT2D eigenvalue weighted by atomic mass is 15.1. The number of anilines is 2. The van der Waals surface area contributed by atoms with Crippen molar-refractivity contribution in [1.82, 2.24) is 15.2 Å². The van der Waals surface area contributed by atoms with Crippen LogP contribution in [0, 0.1) is 18.3 Å². The van der Waals surface area contributed by atoms with E-state index in [1.165, 1.54) is 0 Å². The monoisotopic (exact) mass is 228 g/mol. The minimum Gasteiger partial charge on any atom is -0.395 e. The Morgan fingerprint density at radius 3 is 3.06 bits per heavy atom. The highest BCUT2D eigenvalue weighted by Crippen LogP contribution is 2.19. The van der Waals surface area contributed by atoms with Crippen LogP contribution in [0.4, 0.5) is 11.5 Å². The third kappa shape index (κ3) is 2.18. The lowest BCUT2D eigenvalue weighted by Gasteiger charge is -2.08. The van der Waals surface area contributed by atoms with Crippen LogP contribution in [-0.4, -0.2) is 15.2 Å². The van der Waals surface area contributed by atoms with Gasteiger partial charge in [-0.25, -0.2) is 4.98 Å². The van der Waals surface area contributed by atoms with Crippen molar-refractivity contribution in [2.24, 2.45) is 0 Å². The number of nitriles is 1. The summed E-state index contributed by atoms with van der Waals surface area (Å²) >= 11 is 0. The van der Waals surface area contributed by atoms with Gasteiger partial charge in [0.05, 0.1) is 17.4 Å². The van der Waals surface area contributed by atoms with Gasteiger partial charge in [-0.2, -0.15) is 10.4 Å². The minimum absolute atomic E-state index is 0.371. The zero-order valence-corrected chi connectivity index (χ0v) is 9.36. The molecule has 2 aromatic rings. The van der Waals surface area contributed by atoms with E-state index in [1.807, 2.05) is 13.0 Å². The quantitative estimate of drug-likeness (QED) is 0.731. The molecule has 6 heteroatoms. The first kappa shape index (κ1) is 11.0. The van der Waals surface area contributed by atoms with Crippen molar-refractivity contribution in [3.63, 3.8) is 0 Å². The summed E-state index contributed by atoms with van der Waals surface area (Å²) in [6.45, 7) is 2.50. The number of nitrogens with zero attached hydrogens (tertiary/aromatic N) is 3. The van der Waals surface area contributed by atoms with Gasteiger partial charge in [0, 0.05) is 24.0 Å². The fraction of sp³-hybridized carbons (Fsp3) is 0.182. The molecular formula is C11H12N6. The summed E-state index contributed by atoms with van der Waals surface area (Å²) in [5, 5.41) is 18.7. The average Bonchev–Trinajstić information content (AvgIpc) is 2.74. The Bertz CT molecular complexity index is 566. The molecule has 86 valence electrons. The molecule has 0 fully saturated rings. The highest BCUT2D eigenvalue weighted by molar-refractivity contribution is 5.68. The normalized spacial score (nSPS) is 9.88. The maximum absolute atomic E-state index is 8.84. The van der Waals surface area contributed by atoms with Crippen LogP contribution >= 0.6 is 0 Å². The summed E-state index contributed by atoms with van der Waals surface area (Å²) < 4.78 is 0. The molecule has 0 radical (unpaired) electrons. The molecule has 0 aromatic carbocycles. The van der Waals surface area contributed by atoms with Crippen LogP contribution in [0.1, 0.15) is 16.8 Å². The molecule has 2 heterocycles. The van der Waals surface area contributed by atoms with Gasteiger partial charge < -0.3 is 11.1 Å². The van der Waals surface area contributed by atoms with Crippen molar-refractivity contribution >= 4 is 11.5 Å². The minimum atomic E-state index is 0.371. The number of nitrogens with one attached hydrogen (secondary N) is 2. The van der Waals surface area contributed by atoms with Gasteiger partial charge >= 0.3 is 0 Å². The molecule has 0 bridgehead atoms. The fourth-order valence-electron chi connectivity index (χ4n) is 1.44. The maximum Gasteiger partial charge on any atom is 0.150 e. The molecule has 0 saturated carbocycles. The summed E-state index contributed by atoms with van der Waals surface area (Å²) in [7, 11) is 0. The smallest absolute Gasteiger partial charge is 0.150 e. The van der Waals surface area contributed by atoms with Gasteiger partial charge in [0.25, 0.3) is 0 Å². The first-order valence-corrected chi connectivity index (χ1v) is 5.09. The Hall–Kier alpha value is -2.55. The van der Waals surface area contributed by atoms with Crippen LogP contribution in [-0.2, 0) is 6.54 Å². The summed E-state index contributed by atoms with van der Waals surface area (Å²) in [6.07, 6.45) is 3.30. The summed E-state index contributed by atoms with van der Waals surface area (Å²) in [4.78, 5) is 4.10. The lowest BCUT2D eigenvalue weighted by atomic mass is 10.2. The zero-order valence-electron chi connectivity index (χ0n) is 9.36. The molecule has 17 heavy (non-hydrogen) atoms. The maximum atomic E-state index is 8.84. The molecule has 0 spiro atoms. The van der Waals surface area contributed by atoms with E-state index >= 15 is 0 Å². The van der Waals surface area contributed by atoms with Gasteiger partial charge in [0.15, 0.2) is 5.82 Å². The third-order valence-electron chi connectivity index (χ3n) is 2.49. The number of rotatable bonds is 3. The predicted molar refractivity (Wildman–Crippen MR) is 64.0 cm³/mol. The van der Waals surface area contributed by atoms with Crippen molar-refractivity contribution < 1.29 is 0 Å². The molecule has 0 unspecified atom stereocenters. The van der Waals surface area contributed by atoms with E-state index in [-0.39, 0.29) is 0 Å². The molecule has 0 aliphatic heterocycles.